The first-order chi connectivity index (χ1) is 12.6. The molecule has 2 N–H and O–H groups in total. The van der Waals surface area contributed by atoms with E-state index in [0.29, 0.717) is 12.1 Å². The van der Waals surface area contributed by atoms with E-state index in [9.17, 15) is 14.4 Å². The zero-order chi connectivity index (χ0) is 19.8. The van der Waals surface area contributed by atoms with Gasteiger partial charge in [0.25, 0.3) is 5.91 Å². The van der Waals surface area contributed by atoms with E-state index in [0.717, 1.165) is 24.2 Å². The highest BCUT2D eigenvalue weighted by molar-refractivity contribution is 6.10. The fourth-order valence-electron chi connectivity index (χ4n) is 4.04. The summed E-state index contributed by atoms with van der Waals surface area (Å²) in [5.74, 6) is -0.554. The first-order valence-corrected chi connectivity index (χ1v) is 9.68. The number of nitrogens with zero attached hydrogens (tertiary/aromatic N) is 1. The summed E-state index contributed by atoms with van der Waals surface area (Å²) < 4.78 is 0. The first kappa shape index (κ1) is 19.4. The Morgan fingerprint density at radius 1 is 1.22 bits per heavy atom. The molecular weight excluding hydrogens is 342 g/mol. The second-order valence-corrected chi connectivity index (χ2v) is 8.82. The van der Waals surface area contributed by atoms with Gasteiger partial charge in [0, 0.05) is 5.69 Å². The van der Waals surface area contributed by atoms with Gasteiger partial charge in [0.2, 0.25) is 5.91 Å². The Bertz CT molecular complexity index is 751. The molecule has 6 heteroatoms. The molecule has 146 valence electrons. The van der Waals surface area contributed by atoms with Gasteiger partial charge in [-0.1, -0.05) is 52.7 Å². The summed E-state index contributed by atoms with van der Waals surface area (Å²) in [5, 5.41) is 5.65. The maximum atomic E-state index is 12.9. The third kappa shape index (κ3) is 3.70. The van der Waals surface area contributed by atoms with Gasteiger partial charge < -0.3 is 10.6 Å². The fourth-order valence-corrected chi connectivity index (χ4v) is 4.04. The standard InChI is InChI=1S/C21H29N3O3/c1-14-7-5-6-12-21(14)18(26)24(19(27)23-21)13-17(25)22-16-10-8-15(9-11-16)20(2,3)4/h8-11,14H,5-7,12-13H2,1-4H3,(H,22,25)(H,23,27)/t14-,21+/m1/s1. The SMILES string of the molecule is C[C@@H]1CCCC[C@]12NC(=O)N(CC(=O)Nc1ccc(C(C)(C)C)cc1)C2=O. The van der Waals surface area contributed by atoms with E-state index in [4.69, 9.17) is 0 Å². The van der Waals surface area contributed by atoms with Gasteiger partial charge in [0.15, 0.2) is 0 Å². The van der Waals surface area contributed by atoms with E-state index in [-0.39, 0.29) is 29.7 Å². The molecule has 1 spiro atoms. The van der Waals surface area contributed by atoms with Crippen LogP contribution in [0.15, 0.2) is 24.3 Å². The Morgan fingerprint density at radius 3 is 2.48 bits per heavy atom. The number of amides is 4. The summed E-state index contributed by atoms with van der Waals surface area (Å²) in [7, 11) is 0. The van der Waals surface area contributed by atoms with Gasteiger partial charge in [0.05, 0.1) is 0 Å². The van der Waals surface area contributed by atoms with Crippen molar-refractivity contribution in [3.8, 4) is 0 Å². The number of hydrogen-bond acceptors (Lipinski definition) is 3. The lowest BCUT2D eigenvalue weighted by Crippen LogP contribution is -2.54. The van der Waals surface area contributed by atoms with Gasteiger partial charge in [0.1, 0.15) is 12.1 Å². The largest absolute Gasteiger partial charge is 0.325 e. The molecule has 1 heterocycles. The lowest BCUT2D eigenvalue weighted by Gasteiger charge is -2.36. The maximum absolute atomic E-state index is 12.9. The third-order valence-electron chi connectivity index (χ3n) is 5.84. The van der Waals surface area contributed by atoms with Gasteiger partial charge in [-0.15, -0.1) is 0 Å². The van der Waals surface area contributed by atoms with Gasteiger partial charge >= 0.3 is 6.03 Å². The average molecular weight is 371 g/mol. The van der Waals surface area contributed by atoms with Crippen LogP contribution in [0.25, 0.3) is 0 Å². The van der Waals surface area contributed by atoms with Crippen LogP contribution in [0.3, 0.4) is 0 Å². The number of carbonyl (C=O) groups is 3. The molecule has 1 aliphatic carbocycles. The number of carbonyl (C=O) groups excluding carboxylic acids is 3. The molecule has 4 amide bonds. The molecule has 1 saturated carbocycles. The number of rotatable bonds is 3. The van der Waals surface area contributed by atoms with E-state index in [2.05, 4.69) is 31.4 Å². The van der Waals surface area contributed by atoms with Crippen molar-refractivity contribution in [3.05, 3.63) is 29.8 Å². The van der Waals surface area contributed by atoms with Crippen LogP contribution in [0.4, 0.5) is 10.5 Å². The number of nitrogens with one attached hydrogen (secondary N) is 2. The summed E-state index contributed by atoms with van der Waals surface area (Å²) >= 11 is 0. The fraction of sp³-hybridized carbons (Fsp3) is 0.571. The molecule has 2 fully saturated rings. The Balaban J connectivity index is 1.65. The quantitative estimate of drug-likeness (QED) is 0.799. The van der Waals surface area contributed by atoms with Gasteiger partial charge in [-0.3, -0.25) is 14.5 Å². The number of anilines is 1. The summed E-state index contributed by atoms with van der Waals surface area (Å²) in [5.41, 5.74) is 1.03. The first-order valence-electron chi connectivity index (χ1n) is 9.68. The van der Waals surface area contributed by atoms with Crippen LogP contribution in [-0.4, -0.2) is 34.8 Å². The molecule has 0 aromatic heterocycles. The van der Waals surface area contributed by atoms with Gasteiger partial charge in [-0.25, -0.2) is 4.79 Å². The topological polar surface area (TPSA) is 78.5 Å². The van der Waals surface area contributed by atoms with Crippen molar-refractivity contribution in [3.63, 3.8) is 0 Å². The summed E-state index contributed by atoms with van der Waals surface area (Å²) in [6.07, 6.45) is 3.53. The molecule has 0 bridgehead atoms. The van der Waals surface area contributed by atoms with Crippen LogP contribution < -0.4 is 10.6 Å². The molecule has 1 saturated heterocycles. The zero-order valence-electron chi connectivity index (χ0n) is 16.6. The second-order valence-electron chi connectivity index (χ2n) is 8.82. The lowest BCUT2D eigenvalue weighted by molar-refractivity contribution is -0.136. The van der Waals surface area contributed by atoms with E-state index in [1.165, 1.54) is 5.56 Å². The van der Waals surface area contributed by atoms with Crippen LogP contribution in [0.1, 0.15) is 58.9 Å². The lowest BCUT2D eigenvalue weighted by atomic mass is 9.73. The highest BCUT2D eigenvalue weighted by Gasteiger charge is 2.55. The third-order valence-corrected chi connectivity index (χ3v) is 5.84. The van der Waals surface area contributed by atoms with Crippen molar-refractivity contribution in [1.29, 1.82) is 0 Å². The maximum Gasteiger partial charge on any atom is 0.325 e. The highest BCUT2D eigenvalue weighted by Crippen LogP contribution is 2.38. The van der Waals surface area contributed by atoms with E-state index < -0.39 is 11.6 Å². The van der Waals surface area contributed by atoms with Gasteiger partial charge in [-0.05, 0) is 41.9 Å². The Hall–Kier alpha value is -2.37. The Morgan fingerprint density at radius 2 is 1.89 bits per heavy atom. The van der Waals surface area contributed by atoms with Crippen LogP contribution >= 0.6 is 0 Å². The molecule has 3 rings (SSSR count). The zero-order valence-corrected chi connectivity index (χ0v) is 16.6. The molecule has 27 heavy (non-hydrogen) atoms. The molecule has 1 aliphatic heterocycles. The number of hydrogen-bond donors (Lipinski definition) is 2. The molecule has 2 aliphatic rings. The highest BCUT2D eigenvalue weighted by atomic mass is 16.2. The van der Waals surface area contributed by atoms with E-state index in [1.54, 1.807) is 0 Å². The molecule has 1 aromatic rings. The number of imide groups is 1. The number of benzene rings is 1. The number of urea groups is 1. The minimum absolute atomic E-state index is 0.0353. The van der Waals surface area contributed by atoms with Crippen molar-refractivity contribution >= 4 is 23.5 Å². The Labute approximate surface area is 160 Å². The minimum atomic E-state index is -0.829. The minimum Gasteiger partial charge on any atom is -0.325 e. The van der Waals surface area contributed by atoms with Crippen LogP contribution in [0, 0.1) is 5.92 Å². The van der Waals surface area contributed by atoms with Crippen LogP contribution in [-0.2, 0) is 15.0 Å². The summed E-state index contributed by atoms with van der Waals surface area (Å²) in [6.45, 7) is 8.11. The van der Waals surface area contributed by atoms with Crippen molar-refractivity contribution in [2.45, 2.75) is 64.3 Å². The molecular formula is C21H29N3O3. The van der Waals surface area contributed by atoms with E-state index in [1.807, 2.05) is 31.2 Å². The predicted molar refractivity (Wildman–Crippen MR) is 104 cm³/mol. The smallest absolute Gasteiger partial charge is 0.325 e. The van der Waals surface area contributed by atoms with Crippen LogP contribution in [0.2, 0.25) is 0 Å². The van der Waals surface area contributed by atoms with Crippen LogP contribution in [0.5, 0.6) is 0 Å². The van der Waals surface area contributed by atoms with Gasteiger partial charge in [-0.2, -0.15) is 0 Å². The monoisotopic (exact) mass is 371 g/mol. The van der Waals surface area contributed by atoms with E-state index >= 15 is 0 Å². The second kappa shape index (κ2) is 6.98. The molecule has 0 radical (unpaired) electrons. The summed E-state index contributed by atoms with van der Waals surface area (Å²) in [6, 6.07) is 7.17. The Kier molecular flexibility index (Phi) is 5.02. The van der Waals surface area contributed by atoms with Crippen molar-refractivity contribution in [2.75, 3.05) is 11.9 Å². The molecule has 0 unspecified atom stereocenters. The molecule has 1 aromatic carbocycles. The predicted octanol–water partition coefficient (Wildman–Crippen LogP) is 3.42. The van der Waals surface area contributed by atoms with Crippen molar-refractivity contribution in [2.24, 2.45) is 5.92 Å². The summed E-state index contributed by atoms with van der Waals surface area (Å²) in [4.78, 5) is 38.7. The molecule has 2 atom stereocenters. The average Bonchev–Trinajstić information content (AvgIpc) is 2.82. The van der Waals surface area contributed by atoms with Crippen molar-refractivity contribution in [1.82, 2.24) is 10.2 Å². The molecule has 6 nitrogen and oxygen atoms in total. The normalized spacial score (nSPS) is 25.6. The van der Waals surface area contributed by atoms with Crippen molar-refractivity contribution < 1.29 is 14.4 Å².